The summed E-state index contributed by atoms with van der Waals surface area (Å²) in [6, 6.07) is 6.46. The van der Waals surface area contributed by atoms with Gasteiger partial charge in [-0.1, -0.05) is 34.1 Å². The molecule has 1 saturated heterocycles. The fourth-order valence-corrected chi connectivity index (χ4v) is 2.97. The average Bonchev–Trinajstić information content (AvgIpc) is 3.11. The van der Waals surface area contributed by atoms with Gasteiger partial charge in [0, 0.05) is 29.8 Å². The minimum absolute atomic E-state index is 0.0663. The SMILES string of the molecule is CCCCNC(=O)C1CCCN1C(=O)c1ccc(NC(=O)C(C)(C)C)cc1. The van der Waals surface area contributed by atoms with E-state index in [4.69, 9.17) is 0 Å². The van der Waals surface area contributed by atoms with Crippen molar-refractivity contribution >= 4 is 23.4 Å². The second-order valence-electron chi connectivity index (χ2n) is 8.08. The van der Waals surface area contributed by atoms with Crippen molar-refractivity contribution in [2.75, 3.05) is 18.4 Å². The summed E-state index contributed by atoms with van der Waals surface area (Å²) in [5, 5.41) is 5.77. The molecule has 27 heavy (non-hydrogen) atoms. The highest BCUT2D eigenvalue weighted by Crippen LogP contribution is 2.22. The Bertz CT molecular complexity index is 677. The van der Waals surface area contributed by atoms with Gasteiger partial charge < -0.3 is 15.5 Å². The number of benzene rings is 1. The number of hydrogen-bond acceptors (Lipinski definition) is 3. The number of rotatable bonds is 6. The molecule has 0 saturated carbocycles. The highest BCUT2D eigenvalue weighted by Gasteiger charge is 2.34. The summed E-state index contributed by atoms with van der Waals surface area (Å²) in [6.07, 6.45) is 3.49. The third kappa shape index (κ3) is 5.55. The smallest absolute Gasteiger partial charge is 0.254 e. The van der Waals surface area contributed by atoms with E-state index >= 15 is 0 Å². The quantitative estimate of drug-likeness (QED) is 0.752. The topological polar surface area (TPSA) is 78.5 Å². The molecule has 6 nitrogen and oxygen atoms in total. The normalized spacial score (nSPS) is 16.9. The Kier molecular flexibility index (Phi) is 6.99. The van der Waals surface area contributed by atoms with E-state index < -0.39 is 11.5 Å². The number of unbranched alkanes of at least 4 members (excludes halogenated alkanes) is 1. The molecule has 1 heterocycles. The molecule has 0 aromatic heterocycles. The number of likely N-dealkylation sites (tertiary alicyclic amines) is 1. The van der Waals surface area contributed by atoms with Gasteiger partial charge in [-0.3, -0.25) is 14.4 Å². The Morgan fingerprint density at radius 1 is 1.15 bits per heavy atom. The van der Waals surface area contributed by atoms with Crippen LogP contribution in [-0.4, -0.2) is 41.8 Å². The zero-order valence-electron chi connectivity index (χ0n) is 16.8. The molecule has 1 fully saturated rings. The van der Waals surface area contributed by atoms with Crippen LogP contribution in [0.15, 0.2) is 24.3 Å². The molecule has 1 aromatic rings. The fraction of sp³-hybridized carbons (Fsp3) is 0.571. The number of anilines is 1. The number of carbonyl (C=O) groups excluding carboxylic acids is 3. The Morgan fingerprint density at radius 2 is 1.81 bits per heavy atom. The second-order valence-corrected chi connectivity index (χ2v) is 8.08. The third-order valence-corrected chi connectivity index (χ3v) is 4.72. The molecule has 0 spiro atoms. The fourth-order valence-electron chi connectivity index (χ4n) is 2.97. The number of nitrogens with zero attached hydrogens (tertiary/aromatic N) is 1. The summed E-state index contributed by atoms with van der Waals surface area (Å²) < 4.78 is 0. The van der Waals surface area contributed by atoms with Crippen molar-refractivity contribution in [3.63, 3.8) is 0 Å². The first-order chi connectivity index (χ1) is 12.7. The molecule has 1 aromatic carbocycles. The minimum Gasteiger partial charge on any atom is -0.354 e. The molecule has 1 aliphatic rings. The first-order valence-corrected chi connectivity index (χ1v) is 9.74. The molecule has 2 rings (SSSR count). The summed E-state index contributed by atoms with van der Waals surface area (Å²) in [5.41, 5.74) is 0.696. The van der Waals surface area contributed by atoms with E-state index in [2.05, 4.69) is 17.6 Å². The lowest BCUT2D eigenvalue weighted by atomic mass is 9.95. The molecule has 6 heteroatoms. The Hall–Kier alpha value is -2.37. The summed E-state index contributed by atoms with van der Waals surface area (Å²) in [5.74, 6) is -0.287. The molecule has 3 amide bonds. The van der Waals surface area contributed by atoms with Gasteiger partial charge in [0.25, 0.3) is 5.91 Å². The van der Waals surface area contributed by atoms with Gasteiger partial charge in [-0.15, -0.1) is 0 Å². The maximum absolute atomic E-state index is 12.8. The van der Waals surface area contributed by atoms with Crippen molar-refractivity contribution < 1.29 is 14.4 Å². The lowest BCUT2D eigenvalue weighted by Gasteiger charge is -2.24. The van der Waals surface area contributed by atoms with Crippen molar-refractivity contribution in [1.82, 2.24) is 10.2 Å². The van der Waals surface area contributed by atoms with Crippen molar-refractivity contribution in [1.29, 1.82) is 0 Å². The summed E-state index contributed by atoms with van der Waals surface area (Å²) in [7, 11) is 0. The van der Waals surface area contributed by atoms with Crippen LogP contribution < -0.4 is 10.6 Å². The zero-order valence-corrected chi connectivity index (χ0v) is 16.8. The Labute approximate surface area is 161 Å². The van der Waals surface area contributed by atoms with Crippen LogP contribution in [0.25, 0.3) is 0 Å². The molecular formula is C21H31N3O3. The van der Waals surface area contributed by atoms with Gasteiger partial charge >= 0.3 is 0 Å². The van der Waals surface area contributed by atoms with Crippen LogP contribution >= 0.6 is 0 Å². The van der Waals surface area contributed by atoms with E-state index in [9.17, 15) is 14.4 Å². The average molecular weight is 373 g/mol. The van der Waals surface area contributed by atoms with E-state index in [1.54, 1.807) is 29.2 Å². The van der Waals surface area contributed by atoms with Gasteiger partial charge in [-0.05, 0) is 43.5 Å². The van der Waals surface area contributed by atoms with Crippen molar-refractivity contribution in [3.05, 3.63) is 29.8 Å². The van der Waals surface area contributed by atoms with Crippen LogP contribution in [0.2, 0.25) is 0 Å². The Balaban J connectivity index is 2.01. The summed E-state index contributed by atoms with van der Waals surface area (Å²) >= 11 is 0. The molecule has 0 radical (unpaired) electrons. The van der Waals surface area contributed by atoms with Gasteiger partial charge in [0.05, 0.1) is 0 Å². The van der Waals surface area contributed by atoms with E-state index in [1.807, 2.05) is 20.8 Å². The number of carbonyl (C=O) groups is 3. The molecule has 148 valence electrons. The number of amides is 3. The highest BCUT2D eigenvalue weighted by molar-refractivity contribution is 5.99. The third-order valence-electron chi connectivity index (χ3n) is 4.72. The summed E-state index contributed by atoms with van der Waals surface area (Å²) in [4.78, 5) is 38.9. The van der Waals surface area contributed by atoms with Crippen LogP contribution in [0.1, 0.15) is 63.7 Å². The van der Waals surface area contributed by atoms with E-state index in [0.717, 1.165) is 19.3 Å². The van der Waals surface area contributed by atoms with E-state index in [0.29, 0.717) is 30.8 Å². The number of nitrogens with one attached hydrogen (secondary N) is 2. The molecule has 1 unspecified atom stereocenters. The van der Waals surface area contributed by atoms with Crippen LogP contribution in [0, 0.1) is 5.41 Å². The van der Waals surface area contributed by atoms with E-state index in [-0.39, 0.29) is 17.7 Å². The van der Waals surface area contributed by atoms with Crippen molar-refractivity contribution in [3.8, 4) is 0 Å². The minimum atomic E-state index is -0.484. The van der Waals surface area contributed by atoms with Crippen LogP contribution in [-0.2, 0) is 9.59 Å². The van der Waals surface area contributed by atoms with Crippen LogP contribution in [0.4, 0.5) is 5.69 Å². The first-order valence-electron chi connectivity index (χ1n) is 9.74. The van der Waals surface area contributed by atoms with Gasteiger partial charge in [0.1, 0.15) is 6.04 Å². The molecule has 0 bridgehead atoms. The predicted octanol–water partition coefficient (Wildman–Crippen LogP) is 3.19. The van der Waals surface area contributed by atoms with Gasteiger partial charge in [-0.2, -0.15) is 0 Å². The Morgan fingerprint density at radius 3 is 2.41 bits per heavy atom. The molecule has 2 N–H and O–H groups in total. The second kappa shape index (κ2) is 9.02. The number of hydrogen-bond donors (Lipinski definition) is 2. The molecule has 1 aliphatic heterocycles. The standard InChI is InChI=1S/C21H31N3O3/c1-5-6-13-22-18(25)17-8-7-14-24(17)19(26)15-9-11-16(12-10-15)23-20(27)21(2,3)4/h9-12,17H,5-8,13-14H2,1-4H3,(H,22,25)(H,23,27). The first kappa shape index (κ1) is 20.9. The maximum atomic E-state index is 12.8. The molecule has 0 aliphatic carbocycles. The zero-order chi connectivity index (χ0) is 20.0. The van der Waals surface area contributed by atoms with Gasteiger partial charge in [0.2, 0.25) is 11.8 Å². The van der Waals surface area contributed by atoms with E-state index in [1.165, 1.54) is 0 Å². The highest BCUT2D eigenvalue weighted by atomic mass is 16.2. The lowest BCUT2D eigenvalue weighted by Crippen LogP contribution is -2.46. The maximum Gasteiger partial charge on any atom is 0.254 e. The van der Waals surface area contributed by atoms with Gasteiger partial charge in [-0.25, -0.2) is 0 Å². The summed E-state index contributed by atoms with van der Waals surface area (Å²) in [6.45, 7) is 8.85. The molecule has 1 atom stereocenters. The largest absolute Gasteiger partial charge is 0.354 e. The predicted molar refractivity (Wildman–Crippen MR) is 107 cm³/mol. The van der Waals surface area contributed by atoms with Crippen molar-refractivity contribution in [2.45, 2.75) is 59.4 Å². The molecular weight excluding hydrogens is 342 g/mol. The van der Waals surface area contributed by atoms with Crippen LogP contribution in [0.3, 0.4) is 0 Å². The lowest BCUT2D eigenvalue weighted by molar-refractivity contribution is -0.125. The van der Waals surface area contributed by atoms with Crippen LogP contribution in [0.5, 0.6) is 0 Å². The van der Waals surface area contributed by atoms with Gasteiger partial charge in [0.15, 0.2) is 0 Å². The van der Waals surface area contributed by atoms with Crippen molar-refractivity contribution in [2.24, 2.45) is 5.41 Å². The monoisotopic (exact) mass is 373 g/mol.